The quantitative estimate of drug-likeness (QED) is 0.0531. The average molecular weight is 1060 g/mol. The van der Waals surface area contributed by atoms with Crippen molar-refractivity contribution < 1.29 is 79.5 Å². The van der Waals surface area contributed by atoms with Crippen LogP contribution in [0, 0.1) is 5.92 Å². The lowest BCUT2D eigenvalue weighted by atomic mass is 9.96. The first-order chi connectivity index (χ1) is 35.6. The number of phenolic OH excluding ortho intramolecular Hbond substituents is 1. The Balaban J connectivity index is 1.62. The van der Waals surface area contributed by atoms with E-state index in [9.17, 15) is 79.5 Å². The number of unbranched alkanes of at least 4 members (excludes halogenated alkanes) is 8. The molecule has 14 N–H and O–H groups in total. The van der Waals surface area contributed by atoms with E-state index in [1.54, 1.807) is 0 Å². The fourth-order valence-corrected chi connectivity index (χ4v) is 9.39. The van der Waals surface area contributed by atoms with Gasteiger partial charge in [-0.15, -0.1) is 0 Å². The summed E-state index contributed by atoms with van der Waals surface area (Å²) in [6.07, 6.45) is 2.50. The minimum Gasteiger partial charge on any atom is -0.508 e. The molecule has 0 aliphatic carbocycles. The van der Waals surface area contributed by atoms with Crippen LogP contribution in [-0.2, 0) is 33.6 Å². The van der Waals surface area contributed by atoms with Gasteiger partial charge in [-0.1, -0.05) is 82.4 Å². The zero-order valence-corrected chi connectivity index (χ0v) is 43.4. The topological polar surface area (TPSA) is 368 Å². The number of amides is 7. The number of allylic oxidation sites excluding steroid dienone is 4. The van der Waals surface area contributed by atoms with Crippen molar-refractivity contribution in [3.05, 3.63) is 54.1 Å². The summed E-state index contributed by atoms with van der Waals surface area (Å²) in [6.45, 7) is 4.97. The molecule has 0 unspecified atom stereocenters. The van der Waals surface area contributed by atoms with E-state index in [0.29, 0.717) is 12.8 Å². The number of carbonyl (C=O) groups is 7. The lowest BCUT2D eigenvalue weighted by Gasteiger charge is -2.34. The molecule has 1 aromatic rings. The molecule has 0 aromatic heterocycles. The summed E-state index contributed by atoms with van der Waals surface area (Å²) in [5, 5.41) is 110. The molecule has 23 heteroatoms. The molecule has 0 spiro atoms. The normalized spacial score (nSPS) is 29.4. The van der Waals surface area contributed by atoms with Crippen LogP contribution >= 0.6 is 0 Å². The van der Waals surface area contributed by atoms with Gasteiger partial charge in [-0.2, -0.15) is 0 Å². The molecule has 3 aliphatic rings. The Labute approximate surface area is 437 Å². The van der Waals surface area contributed by atoms with Crippen molar-refractivity contribution in [3.63, 3.8) is 0 Å². The average Bonchev–Trinajstić information content (AvgIpc) is 3.91. The Morgan fingerprint density at radius 2 is 1.24 bits per heavy atom. The zero-order chi connectivity index (χ0) is 55.5. The molecule has 3 saturated heterocycles. The minimum atomic E-state index is -2.27. The number of fused-ring (bicyclic) bond motifs is 2. The van der Waals surface area contributed by atoms with Gasteiger partial charge in [0.2, 0.25) is 41.4 Å². The molecular formula is C52H81N7O16. The Hall–Kier alpha value is -5.53. The molecule has 4 rings (SSSR count). The molecular weight excluding hydrogens is 979 g/mol. The number of nitrogens with zero attached hydrogens (tertiary/aromatic N) is 2. The molecule has 1 aromatic carbocycles. The molecule has 23 nitrogen and oxygen atoms in total. The number of aliphatic hydroxyl groups is 8. The third-order valence-corrected chi connectivity index (χ3v) is 13.9. The standard InChI is InChI=1S/C52H81N7O16/c1-5-6-7-8-9-10-11-12-13-14-15-16-17-18-19-20-38(65)53-35-26-37(64)48(71)57-50(73)42-43(66)29(2)27-59(42)52(75)40(31(4)61)55-49(72)41(45(68)44(67)32-21-23-33(62)24-22-32)56-47(70)36-25-34(63)28-58(36)51(74)39(30(3)60)54-46(35)69/h9-10,12-13,21-24,29-31,34-37,39-45,48,60-64,66-68,71H,5-8,11,14-20,25-28H2,1-4H3,(H,53,65)(H,54,69)(H,55,72)(H,56,70)(H,57,73)/b10-9+,13-12+/t29-,30+,31+,34-,35+,36+,37+,39+,40-,41-,42-,43-,44-,45-,48-/m1/s1. The summed E-state index contributed by atoms with van der Waals surface area (Å²) in [4.78, 5) is 100. The monoisotopic (exact) mass is 1060 g/mol. The largest absolute Gasteiger partial charge is 0.508 e. The fourth-order valence-electron chi connectivity index (χ4n) is 9.39. The van der Waals surface area contributed by atoms with Gasteiger partial charge in [-0.05, 0) is 70.1 Å². The Kier molecular flexibility index (Phi) is 25.0. The third kappa shape index (κ3) is 18.0. The predicted molar refractivity (Wildman–Crippen MR) is 271 cm³/mol. The first-order valence-electron chi connectivity index (χ1n) is 26.2. The van der Waals surface area contributed by atoms with E-state index in [1.807, 2.05) is 0 Å². The van der Waals surface area contributed by atoms with Crippen LogP contribution in [0.15, 0.2) is 48.6 Å². The Morgan fingerprint density at radius 1 is 0.680 bits per heavy atom. The second-order valence-corrected chi connectivity index (χ2v) is 20.1. The molecule has 0 saturated carbocycles. The van der Waals surface area contributed by atoms with Crippen molar-refractivity contribution in [1.29, 1.82) is 0 Å². The van der Waals surface area contributed by atoms with Crippen LogP contribution < -0.4 is 26.6 Å². The van der Waals surface area contributed by atoms with Gasteiger partial charge in [-0.3, -0.25) is 33.6 Å². The predicted octanol–water partition coefficient (Wildman–Crippen LogP) is -1.33. The van der Waals surface area contributed by atoms with Crippen molar-refractivity contribution in [3.8, 4) is 5.75 Å². The van der Waals surface area contributed by atoms with E-state index in [2.05, 4.69) is 57.8 Å². The highest BCUT2D eigenvalue weighted by Crippen LogP contribution is 2.28. The highest BCUT2D eigenvalue weighted by molar-refractivity contribution is 5.98. The van der Waals surface area contributed by atoms with E-state index in [1.165, 1.54) is 38.3 Å². The van der Waals surface area contributed by atoms with Crippen LogP contribution in [-0.4, -0.2) is 189 Å². The summed E-state index contributed by atoms with van der Waals surface area (Å²) < 4.78 is 0. The molecule has 15 atom stereocenters. The smallest absolute Gasteiger partial charge is 0.248 e. The molecule has 0 bridgehead atoms. The van der Waals surface area contributed by atoms with Crippen LogP contribution in [0.5, 0.6) is 5.75 Å². The molecule has 3 heterocycles. The minimum absolute atomic E-state index is 0.0614. The molecule has 3 fully saturated rings. The van der Waals surface area contributed by atoms with Gasteiger partial charge in [-0.25, -0.2) is 0 Å². The van der Waals surface area contributed by atoms with Crippen LogP contribution in [0.2, 0.25) is 0 Å². The number of hydrogen-bond acceptors (Lipinski definition) is 16. The van der Waals surface area contributed by atoms with Crippen molar-refractivity contribution >= 4 is 41.4 Å². The van der Waals surface area contributed by atoms with Crippen LogP contribution in [0.1, 0.15) is 129 Å². The van der Waals surface area contributed by atoms with E-state index in [4.69, 9.17) is 0 Å². The summed E-state index contributed by atoms with van der Waals surface area (Å²) in [6, 6.07) is -6.61. The van der Waals surface area contributed by atoms with E-state index >= 15 is 0 Å². The van der Waals surface area contributed by atoms with Crippen LogP contribution in [0.25, 0.3) is 0 Å². The van der Waals surface area contributed by atoms with Crippen molar-refractivity contribution in [2.75, 3.05) is 13.1 Å². The van der Waals surface area contributed by atoms with Gasteiger partial charge in [0, 0.05) is 38.3 Å². The highest BCUT2D eigenvalue weighted by Gasteiger charge is 2.50. The summed E-state index contributed by atoms with van der Waals surface area (Å²) in [5.74, 6) is -8.97. The number of benzene rings is 1. The second kappa shape index (κ2) is 30.3. The second-order valence-electron chi connectivity index (χ2n) is 20.1. The molecule has 75 heavy (non-hydrogen) atoms. The van der Waals surface area contributed by atoms with Gasteiger partial charge in [0.1, 0.15) is 60.3 Å². The maximum atomic E-state index is 14.3. The lowest BCUT2D eigenvalue weighted by molar-refractivity contribution is -0.148. The van der Waals surface area contributed by atoms with Gasteiger partial charge in [0.15, 0.2) is 6.23 Å². The van der Waals surface area contributed by atoms with Gasteiger partial charge in [0.05, 0.1) is 24.4 Å². The molecule has 3 aliphatic heterocycles. The fraction of sp³-hybridized carbons (Fsp3) is 0.673. The first kappa shape index (κ1) is 62.0. The zero-order valence-electron chi connectivity index (χ0n) is 43.4. The van der Waals surface area contributed by atoms with E-state index in [0.717, 1.165) is 74.3 Å². The molecule has 7 amide bonds. The van der Waals surface area contributed by atoms with Crippen LogP contribution in [0.4, 0.5) is 0 Å². The molecule has 420 valence electrons. The summed E-state index contributed by atoms with van der Waals surface area (Å²) in [5.41, 5.74) is -0.0614. The van der Waals surface area contributed by atoms with E-state index < -0.39 is 152 Å². The van der Waals surface area contributed by atoms with Crippen molar-refractivity contribution in [1.82, 2.24) is 36.4 Å². The Bertz CT molecular complexity index is 2110. The summed E-state index contributed by atoms with van der Waals surface area (Å²) in [7, 11) is 0. The van der Waals surface area contributed by atoms with Crippen LogP contribution in [0.3, 0.4) is 0 Å². The van der Waals surface area contributed by atoms with Crippen molar-refractivity contribution in [2.45, 2.75) is 203 Å². The third-order valence-electron chi connectivity index (χ3n) is 13.9. The van der Waals surface area contributed by atoms with E-state index in [-0.39, 0.29) is 24.3 Å². The number of nitrogens with one attached hydrogen (secondary N) is 5. The maximum absolute atomic E-state index is 14.3. The van der Waals surface area contributed by atoms with Gasteiger partial charge >= 0.3 is 0 Å². The number of aliphatic hydroxyl groups excluding tert-OH is 8. The van der Waals surface area contributed by atoms with Crippen molar-refractivity contribution in [2.24, 2.45) is 5.92 Å². The van der Waals surface area contributed by atoms with Gasteiger partial charge < -0.3 is 82.3 Å². The number of carbonyl (C=O) groups excluding carboxylic acids is 7. The maximum Gasteiger partial charge on any atom is 0.248 e. The number of phenols is 1. The highest BCUT2D eigenvalue weighted by atomic mass is 16.3. The summed E-state index contributed by atoms with van der Waals surface area (Å²) >= 11 is 0. The number of rotatable bonds is 20. The Morgan fingerprint density at radius 3 is 1.85 bits per heavy atom. The lowest BCUT2D eigenvalue weighted by Crippen LogP contribution is -2.64. The number of aromatic hydroxyl groups is 1. The molecule has 0 radical (unpaired) electrons. The first-order valence-corrected chi connectivity index (χ1v) is 26.2. The SMILES string of the molecule is CCCCC/C=C/C/C=C/CCCCCCCC(=O)N[C@H]1C[C@H](O)[C@@H](O)NC(=O)[C@H]2[C@H](O)[C@H](C)CN2C(=O)[C@@H]([C@H](C)O)NC(=O)[C@@H]([C@@H](O)[C@H](O)c2ccc(O)cc2)NC(=O)[C@@H]2C[C@@H](O)CN2C(=O)[C@H]([C@H](C)O)NC1=O. The number of hydrogen-bond donors (Lipinski definition) is 14. The van der Waals surface area contributed by atoms with Gasteiger partial charge in [0.25, 0.3) is 0 Å².